The molecule has 1 saturated heterocycles. The van der Waals surface area contributed by atoms with Crippen molar-refractivity contribution in [2.75, 3.05) is 13.1 Å². The van der Waals surface area contributed by atoms with Crippen LogP contribution in [0.1, 0.15) is 27.9 Å². The molecule has 2 N–H and O–H groups in total. The highest BCUT2D eigenvalue weighted by atomic mass is 19.3. The Morgan fingerprint density at radius 1 is 1.15 bits per heavy atom. The third-order valence-corrected chi connectivity index (χ3v) is 6.09. The first-order valence-corrected chi connectivity index (χ1v) is 10.4. The Kier molecular flexibility index (Phi) is 4.73. The Labute approximate surface area is 186 Å². The van der Waals surface area contributed by atoms with E-state index < -0.39 is 24.8 Å². The fourth-order valence-corrected chi connectivity index (χ4v) is 4.42. The summed E-state index contributed by atoms with van der Waals surface area (Å²) in [4.78, 5) is 18.9. The number of nitrogens with zero attached hydrogens (tertiary/aromatic N) is 3. The lowest BCUT2D eigenvalue weighted by atomic mass is 9.97. The second-order valence-corrected chi connectivity index (χ2v) is 8.45. The van der Waals surface area contributed by atoms with Crippen molar-refractivity contribution < 1.29 is 28.2 Å². The number of likely N-dealkylation sites (tertiary alicyclic amines) is 1. The summed E-state index contributed by atoms with van der Waals surface area (Å²) in [5, 5.41) is 21.9. The standard InChI is InChI=1S/C24H20F3N3O3/c1-29-11-17-18(23(33)30-7-6-24(26,27)12-30)16-9-14(8-13-2-4-15(25)5-3-13)10-28-20(16)21(31)19(17)22(29)32/h2-5,9-11,31-32H,6-8,12H2,1H3. The zero-order chi connectivity index (χ0) is 23.5. The summed E-state index contributed by atoms with van der Waals surface area (Å²) >= 11 is 0. The number of hydrogen-bond donors (Lipinski definition) is 2. The maximum atomic E-state index is 13.8. The molecular weight excluding hydrogens is 435 g/mol. The normalized spacial score (nSPS) is 15.6. The van der Waals surface area contributed by atoms with Crippen LogP contribution in [0, 0.1) is 5.82 Å². The van der Waals surface area contributed by atoms with Gasteiger partial charge in [-0.25, -0.2) is 13.2 Å². The molecule has 6 nitrogen and oxygen atoms in total. The maximum absolute atomic E-state index is 13.8. The van der Waals surface area contributed by atoms with Gasteiger partial charge in [0.2, 0.25) is 5.88 Å². The third-order valence-electron chi connectivity index (χ3n) is 6.09. The van der Waals surface area contributed by atoms with E-state index in [4.69, 9.17) is 0 Å². The van der Waals surface area contributed by atoms with E-state index in [0.29, 0.717) is 17.4 Å². The lowest BCUT2D eigenvalue weighted by Gasteiger charge is -2.19. The Morgan fingerprint density at radius 3 is 2.55 bits per heavy atom. The highest BCUT2D eigenvalue weighted by Gasteiger charge is 2.41. The Morgan fingerprint density at radius 2 is 1.88 bits per heavy atom. The number of carbonyl (C=O) groups is 1. The molecule has 9 heteroatoms. The van der Waals surface area contributed by atoms with E-state index in [9.17, 15) is 28.2 Å². The quantitative estimate of drug-likeness (QED) is 0.482. The monoisotopic (exact) mass is 455 g/mol. The van der Waals surface area contributed by atoms with Gasteiger partial charge in [0.1, 0.15) is 11.3 Å². The van der Waals surface area contributed by atoms with Crippen LogP contribution in [0.15, 0.2) is 42.7 Å². The lowest BCUT2D eigenvalue weighted by Crippen LogP contribution is -2.31. The van der Waals surface area contributed by atoms with E-state index in [1.165, 1.54) is 29.1 Å². The fraction of sp³-hybridized carbons (Fsp3) is 0.250. The Balaban J connectivity index is 1.71. The van der Waals surface area contributed by atoms with Crippen molar-refractivity contribution >= 4 is 27.6 Å². The zero-order valence-electron chi connectivity index (χ0n) is 17.6. The van der Waals surface area contributed by atoms with Gasteiger partial charge in [0.15, 0.2) is 5.75 Å². The van der Waals surface area contributed by atoms with Crippen LogP contribution in [0.3, 0.4) is 0 Å². The van der Waals surface area contributed by atoms with Gasteiger partial charge < -0.3 is 19.7 Å². The number of fused-ring (bicyclic) bond motifs is 2. The van der Waals surface area contributed by atoms with Gasteiger partial charge in [-0.05, 0) is 35.7 Å². The zero-order valence-corrected chi connectivity index (χ0v) is 17.6. The van der Waals surface area contributed by atoms with Gasteiger partial charge >= 0.3 is 0 Å². The van der Waals surface area contributed by atoms with Crippen molar-refractivity contribution in [3.8, 4) is 11.6 Å². The first-order chi connectivity index (χ1) is 15.6. The molecule has 1 fully saturated rings. The second kappa shape index (κ2) is 7.40. The van der Waals surface area contributed by atoms with Crippen molar-refractivity contribution in [2.24, 2.45) is 7.05 Å². The summed E-state index contributed by atoms with van der Waals surface area (Å²) in [7, 11) is 1.55. The average molecular weight is 455 g/mol. The molecular formula is C24H20F3N3O3. The summed E-state index contributed by atoms with van der Waals surface area (Å²) in [5.74, 6) is -4.50. The van der Waals surface area contributed by atoms with Crippen molar-refractivity contribution in [3.05, 3.63) is 65.2 Å². The molecule has 0 saturated carbocycles. The number of alkyl halides is 2. The summed E-state index contributed by atoms with van der Waals surface area (Å²) < 4.78 is 42.3. The molecule has 0 spiro atoms. The van der Waals surface area contributed by atoms with Gasteiger partial charge in [-0.3, -0.25) is 9.78 Å². The molecule has 33 heavy (non-hydrogen) atoms. The molecule has 0 unspecified atom stereocenters. The van der Waals surface area contributed by atoms with Crippen LogP contribution in [0.5, 0.6) is 11.6 Å². The number of rotatable bonds is 3. The number of aromatic nitrogens is 2. The highest BCUT2D eigenvalue weighted by Crippen LogP contribution is 2.43. The van der Waals surface area contributed by atoms with E-state index >= 15 is 0 Å². The molecule has 3 heterocycles. The summed E-state index contributed by atoms with van der Waals surface area (Å²) in [6.45, 7) is -0.797. The van der Waals surface area contributed by atoms with Crippen LogP contribution in [-0.4, -0.2) is 49.6 Å². The van der Waals surface area contributed by atoms with Crippen LogP contribution in [-0.2, 0) is 13.5 Å². The van der Waals surface area contributed by atoms with Gasteiger partial charge in [-0.1, -0.05) is 12.1 Å². The van der Waals surface area contributed by atoms with Gasteiger partial charge in [-0.2, -0.15) is 0 Å². The summed E-state index contributed by atoms with van der Waals surface area (Å²) in [6, 6.07) is 7.63. The highest BCUT2D eigenvalue weighted by molar-refractivity contribution is 6.21. The van der Waals surface area contributed by atoms with Gasteiger partial charge in [0.05, 0.1) is 17.5 Å². The molecule has 0 aliphatic carbocycles. The number of pyridine rings is 1. The molecule has 170 valence electrons. The van der Waals surface area contributed by atoms with Gasteiger partial charge in [0, 0.05) is 43.2 Å². The maximum Gasteiger partial charge on any atom is 0.267 e. The first kappa shape index (κ1) is 21.1. The number of aromatic hydroxyl groups is 2. The largest absolute Gasteiger partial charge is 0.505 e. The predicted octanol–water partition coefficient (Wildman–Crippen LogP) is 4.35. The molecule has 4 aromatic rings. The Hall–Kier alpha value is -3.75. The molecule has 0 bridgehead atoms. The van der Waals surface area contributed by atoms with Crippen LogP contribution in [0.25, 0.3) is 21.7 Å². The van der Waals surface area contributed by atoms with E-state index in [2.05, 4.69) is 4.98 Å². The van der Waals surface area contributed by atoms with Crippen LogP contribution < -0.4 is 0 Å². The molecule has 1 aliphatic heterocycles. The van der Waals surface area contributed by atoms with Crippen LogP contribution in [0.2, 0.25) is 0 Å². The fourth-order valence-electron chi connectivity index (χ4n) is 4.42. The number of amides is 1. The van der Waals surface area contributed by atoms with E-state index in [1.807, 2.05) is 0 Å². The molecule has 2 aromatic carbocycles. The molecule has 5 rings (SSSR count). The topological polar surface area (TPSA) is 78.6 Å². The minimum atomic E-state index is -2.97. The molecule has 0 radical (unpaired) electrons. The van der Waals surface area contributed by atoms with Crippen LogP contribution >= 0.6 is 0 Å². The van der Waals surface area contributed by atoms with Crippen LogP contribution in [0.4, 0.5) is 13.2 Å². The summed E-state index contributed by atoms with van der Waals surface area (Å²) in [6.07, 6.45) is 2.97. The molecule has 1 aliphatic rings. The SMILES string of the molecule is Cn1cc2c(C(=O)N3CCC(F)(F)C3)c3cc(Cc4ccc(F)cc4)cnc3c(O)c2c1O. The minimum Gasteiger partial charge on any atom is -0.505 e. The van der Waals surface area contributed by atoms with Gasteiger partial charge in [0.25, 0.3) is 11.8 Å². The van der Waals surface area contributed by atoms with Crippen molar-refractivity contribution in [2.45, 2.75) is 18.8 Å². The van der Waals surface area contributed by atoms with E-state index in [0.717, 1.165) is 10.5 Å². The number of benzene rings is 2. The predicted molar refractivity (Wildman–Crippen MR) is 116 cm³/mol. The number of aryl methyl sites for hydroxylation is 1. The number of hydrogen-bond acceptors (Lipinski definition) is 4. The van der Waals surface area contributed by atoms with Gasteiger partial charge in [-0.15, -0.1) is 0 Å². The average Bonchev–Trinajstić information content (AvgIpc) is 3.28. The number of halogens is 3. The number of phenols is 1. The van der Waals surface area contributed by atoms with Crippen molar-refractivity contribution in [1.29, 1.82) is 0 Å². The number of phenolic OH excluding ortho intramolecular Hbond substituents is 1. The molecule has 0 atom stereocenters. The number of carbonyl (C=O) groups excluding carboxylic acids is 1. The Bertz CT molecular complexity index is 1410. The molecule has 2 aromatic heterocycles. The minimum absolute atomic E-state index is 0.0399. The van der Waals surface area contributed by atoms with E-state index in [1.54, 1.807) is 25.2 Å². The van der Waals surface area contributed by atoms with Crippen molar-refractivity contribution in [3.63, 3.8) is 0 Å². The lowest BCUT2D eigenvalue weighted by molar-refractivity contribution is 0.0120. The smallest absolute Gasteiger partial charge is 0.267 e. The second-order valence-electron chi connectivity index (χ2n) is 8.45. The summed E-state index contributed by atoms with van der Waals surface area (Å²) in [5.41, 5.74) is 1.68. The third kappa shape index (κ3) is 3.53. The first-order valence-electron chi connectivity index (χ1n) is 10.4. The van der Waals surface area contributed by atoms with E-state index in [-0.39, 0.29) is 45.8 Å². The molecule has 1 amide bonds. The van der Waals surface area contributed by atoms with Crippen molar-refractivity contribution in [1.82, 2.24) is 14.5 Å².